The van der Waals surface area contributed by atoms with E-state index < -0.39 is 16.2 Å². The molecule has 4 nitrogen and oxygen atoms in total. The zero-order valence-electron chi connectivity index (χ0n) is 8.45. The summed E-state index contributed by atoms with van der Waals surface area (Å²) in [7, 11) is -3.35. The summed E-state index contributed by atoms with van der Waals surface area (Å²) in [5.74, 6) is 0. The molecule has 0 aromatic carbocycles. The van der Waals surface area contributed by atoms with Crippen molar-refractivity contribution < 1.29 is 17.3 Å². The summed E-state index contributed by atoms with van der Waals surface area (Å²) in [6, 6.07) is 0. The lowest BCUT2D eigenvalue weighted by Crippen LogP contribution is -2.19. The van der Waals surface area contributed by atoms with Gasteiger partial charge < -0.3 is 4.74 Å². The van der Waals surface area contributed by atoms with Crippen molar-refractivity contribution in [3.63, 3.8) is 0 Å². The molecule has 0 aliphatic heterocycles. The molecule has 80 valence electrons. The molecule has 13 heavy (non-hydrogen) atoms. The average molecular weight is 210 g/mol. The molecule has 0 rings (SSSR count). The maximum absolute atomic E-state index is 10.7. The molecular formula is C8H18O4S. The van der Waals surface area contributed by atoms with Crippen LogP contribution in [0, 0.1) is 0 Å². The number of unbranched alkanes of at least 4 members (excludes halogenated alkanes) is 1. The Kier molecular flexibility index (Phi) is 6.28. The summed E-state index contributed by atoms with van der Waals surface area (Å²) >= 11 is 0. The fourth-order valence-corrected chi connectivity index (χ4v) is 1.47. The molecular weight excluding hydrogens is 192 g/mol. The van der Waals surface area contributed by atoms with Crippen molar-refractivity contribution in [3.8, 4) is 0 Å². The van der Waals surface area contributed by atoms with Crippen LogP contribution in [0.2, 0.25) is 0 Å². The Hall–Kier alpha value is -0.130. The first kappa shape index (κ1) is 12.9. The maximum Gasteiger partial charge on any atom is 0.264 e. The van der Waals surface area contributed by atoms with Gasteiger partial charge in [0.2, 0.25) is 0 Å². The van der Waals surface area contributed by atoms with Gasteiger partial charge in [0.15, 0.2) is 0 Å². The van der Waals surface area contributed by atoms with Gasteiger partial charge in [-0.05, 0) is 13.3 Å². The topological polar surface area (TPSA) is 52.6 Å². The normalized spacial score (nSPS) is 14.4. The molecule has 0 amide bonds. The Labute approximate surface area is 80.4 Å². The van der Waals surface area contributed by atoms with Gasteiger partial charge in [0.1, 0.15) is 0 Å². The molecule has 1 atom stereocenters. The molecule has 0 heterocycles. The van der Waals surface area contributed by atoms with Gasteiger partial charge in [-0.2, -0.15) is 8.42 Å². The highest BCUT2D eigenvalue weighted by atomic mass is 32.2. The molecule has 0 N–H and O–H groups in total. The average Bonchev–Trinajstić information content (AvgIpc) is 1.94. The minimum Gasteiger partial charge on any atom is -0.379 e. The van der Waals surface area contributed by atoms with Gasteiger partial charge in [-0.15, -0.1) is 0 Å². The lowest BCUT2D eigenvalue weighted by molar-refractivity contribution is 0.0607. The summed E-state index contributed by atoms with van der Waals surface area (Å²) < 4.78 is 31.2. The standard InChI is InChI=1S/C8H18O4S/c1-4-5-6-11-7-8(2)12-13(3,9)10/h8H,4-7H2,1-3H3/t8-/m1/s1. The van der Waals surface area contributed by atoms with Crippen LogP contribution in [-0.4, -0.2) is 34.0 Å². The molecule has 0 aliphatic carbocycles. The Morgan fingerprint density at radius 2 is 2.00 bits per heavy atom. The van der Waals surface area contributed by atoms with Gasteiger partial charge in [0, 0.05) is 6.61 Å². The van der Waals surface area contributed by atoms with Crippen molar-refractivity contribution in [2.75, 3.05) is 19.5 Å². The zero-order valence-corrected chi connectivity index (χ0v) is 9.26. The van der Waals surface area contributed by atoms with Crippen LogP contribution >= 0.6 is 0 Å². The second-order valence-corrected chi connectivity index (χ2v) is 4.64. The third-order valence-electron chi connectivity index (χ3n) is 1.33. The number of ether oxygens (including phenoxy) is 1. The van der Waals surface area contributed by atoms with Crippen LogP contribution in [-0.2, 0) is 19.0 Å². The van der Waals surface area contributed by atoms with Crippen LogP contribution in [0.1, 0.15) is 26.7 Å². The van der Waals surface area contributed by atoms with Crippen molar-refractivity contribution in [2.45, 2.75) is 32.8 Å². The summed E-state index contributed by atoms with van der Waals surface area (Å²) in [5, 5.41) is 0. The third-order valence-corrected chi connectivity index (χ3v) is 2.01. The van der Waals surface area contributed by atoms with Gasteiger partial charge in [0.05, 0.1) is 19.0 Å². The third kappa shape index (κ3) is 9.79. The highest BCUT2D eigenvalue weighted by Crippen LogP contribution is 1.98. The van der Waals surface area contributed by atoms with E-state index in [1.54, 1.807) is 6.92 Å². The van der Waals surface area contributed by atoms with Crippen molar-refractivity contribution in [1.29, 1.82) is 0 Å². The molecule has 0 saturated carbocycles. The molecule has 0 aliphatic rings. The first-order chi connectivity index (χ1) is 5.95. The fourth-order valence-electron chi connectivity index (χ4n) is 0.822. The van der Waals surface area contributed by atoms with E-state index in [1.165, 1.54) is 0 Å². The molecule has 0 spiro atoms. The van der Waals surface area contributed by atoms with E-state index in [-0.39, 0.29) is 0 Å². The van der Waals surface area contributed by atoms with Crippen molar-refractivity contribution >= 4 is 10.1 Å². The molecule has 0 aromatic rings. The van der Waals surface area contributed by atoms with Crippen LogP contribution in [0.4, 0.5) is 0 Å². The second kappa shape index (κ2) is 6.34. The minimum atomic E-state index is -3.35. The van der Waals surface area contributed by atoms with Crippen LogP contribution in [0.5, 0.6) is 0 Å². The van der Waals surface area contributed by atoms with Crippen molar-refractivity contribution in [2.24, 2.45) is 0 Å². The quantitative estimate of drug-likeness (QED) is 0.467. The Bertz CT molecular complexity index is 210. The molecule has 5 heteroatoms. The van der Waals surface area contributed by atoms with Gasteiger partial charge in [-0.3, -0.25) is 4.18 Å². The zero-order chi connectivity index (χ0) is 10.3. The molecule has 0 radical (unpaired) electrons. The summed E-state index contributed by atoms with van der Waals surface area (Å²) in [4.78, 5) is 0. The van der Waals surface area contributed by atoms with Gasteiger partial charge in [-0.1, -0.05) is 13.3 Å². The monoisotopic (exact) mass is 210 g/mol. The van der Waals surface area contributed by atoms with Gasteiger partial charge in [-0.25, -0.2) is 0 Å². The van der Waals surface area contributed by atoms with Crippen molar-refractivity contribution in [3.05, 3.63) is 0 Å². The van der Waals surface area contributed by atoms with Gasteiger partial charge >= 0.3 is 0 Å². The molecule has 0 unspecified atom stereocenters. The van der Waals surface area contributed by atoms with Gasteiger partial charge in [0.25, 0.3) is 10.1 Å². The predicted molar refractivity (Wildman–Crippen MR) is 51.1 cm³/mol. The fraction of sp³-hybridized carbons (Fsp3) is 1.00. The molecule has 0 aromatic heterocycles. The maximum atomic E-state index is 10.7. The Morgan fingerprint density at radius 3 is 2.46 bits per heavy atom. The largest absolute Gasteiger partial charge is 0.379 e. The second-order valence-electron chi connectivity index (χ2n) is 3.04. The van der Waals surface area contributed by atoms with E-state index in [4.69, 9.17) is 4.74 Å². The Morgan fingerprint density at radius 1 is 1.38 bits per heavy atom. The minimum absolute atomic E-state index is 0.326. The first-order valence-electron chi connectivity index (χ1n) is 4.41. The van der Waals surface area contributed by atoms with Crippen LogP contribution in [0.15, 0.2) is 0 Å². The SMILES string of the molecule is CCCCOC[C@@H](C)OS(C)(=O)=O. The van der Waals surface area contributed by atoms with E-state index in [0.29, 0.717) is 13.2 Å². The summed E-state index contributed by atoms with van der Waals surface area (Å²) in [6.07, 6.45) is 2.70. The lowest BCUT2D eigenvalue weighted by atomic mass is 10.4. The lowest BCUT2D eigenvalue weighted by Gasteiger charge is -2.10. The van der Waals surface area contributed by atoms with E-state index in [9.17, 15) is 8.42 Å². The van der Waals surface area contributed by atoms with E-state index in [2.05, 4.69) is 11.1 Å². The van der Waals surface area contributed by atoms with Crippen LogP contribution in [0.25, 0.3) is 0 Å². The van der Waals surface area contributed by atoms with E-state index >= 15 is 0 Å². The van der Waals surface area contributed by atoms with Crippen LogP contribution in [0.3, 0.4) is 0 Å². The van der Waals surface area contributed by atoms with Crippen LogP contribution < -0.4 is 0 Å². The molecule has 0 bridgehead atoms. The number of rotatable bonds is 7. The first-order valence-corrected chi connectivity index (χ1v) is 6.23. The Balaban J connectivity index is 3.47. The van der Waals surface area contributed by atoms with Crippen molar-refractivity contribution in [1.82, 2.24) is 0 Å². The predicted octanol–water partition coefficient (Wildman–Crippen LogP) is 1.17. The number of hydrogen-bond acceptors (Lipinski definition) is 4. The highest BCUT2D eigenvalue weighted by Gasteiger charge is 2.09. The highest BCUT2D eigenvalue weighted by molar-refractivity contribution is 7.86. The summed E-state index contributed by atoms with van der Waals surface area (Å²) in [6.45, 7) is 4.73. The van der Waals surface area contributed by atoms with E-state index in [0.717, 1.165) is 19.1 Å². The smallest absolute Gasteiger partial charge is 0.264 e. The summed E-state index contributed by atoms with van der Waals surface area (Å²) in [5.41, 5.74) is 0. The number of hydrogen-bond donors (Lipinski definition) is 0. The van der Waals surface area contributed by atoms with E-state index in [1.807, 2.05) is 0 Å². The molecule has 0 saturated heterocycles. The molecule has 0 fully saturated rings.